The monoisotopic (exact) mass is 412 g/mol. The van der Waals surface area contributed by atoms with E-state index in [1.807, 2.05) is 67.0 Å². The summed E-state index contributed by atoms with van der Waals surface area (Å²) in [4.78, 5) is 8.65. The minimum atomic E-state index is 1.04. The first-order valence-electron chi connectivity index (χ1n) is 8.70. The Morgan fingerprint density at radius 3 is 1.93 bits per heavy atom. The predicted octanol–water partition coefficient (Wildman–Crippen LogP) is 6.90. The zero-order valence-corrected chi connectivity index (χ0v) is 16.2. The molecule has 0 N–H and O–H groups in total. The molecular formula is C24H17BrN2. The highest BCUT2D eigenvalue weighted by Crippen LogP contribution is 2.24. The van der Waals surface area contributed by atoms with Crippen molar-refractivity contribution in [1.29, 1.82) is 0 Å². The third kappa shape index (κ3) is 4.21. The van der Waals surface area contributed by atoms with E-state index >= 15 is 0 Å². The van der Waals surface area contributed by atoms with Gasteiger partial charge in [0.05, 0.1) is 11.0 Å². The van der Waals surface area contributed by atoms with Crippen molar-refractivity contribution in [2.24, 2.45) is 0 Å². The maximum atomic E-state index is 4.47. The molecule has 0 aliphatic carbocycles. The molecule has 0 spiro atoms. The second kappa shape index (κ2) is 8.11. The molecule has 0 unspecified atom stereocenters. The van der Waals surface area contributed by atoms with Gasteiger partial charge in [0.15, 0.2) is 0 Å². The van der Waals surface area contributed by atoms with E-state index in [1.54, 1.807) is 0 Å². The van der Waals surface area contributed by atoms with Crippen molar-refractivity contribution in [1.82, 2.24) is 9.97 Å². The van der Waals surface area contributed by atoms with Crippen molar-refractivity contribution < 1.29 is 0 Å². The molecule has 5 aromatic rings. The average molecular weight is 413 g/mol. The van der Waals surface area contributed by atoms with Crippen LogP contribution in [0.1, 0.15) is 0 Å². The Balaban J connectivity index is 0.000000153. The molecule has 5 rings (SSSR count). The summed E-state index contributed by atoms with van der Waals surface area (Å²) in [5.41, 5.74) is 4.43. The fraction of sp³-hybridized carbons (Fsp3) is 0. The Kier molecular flexibility index (Phi) is 5.22. The highest BCUT2D eigenvalue weighted by atomic mass is 79.9. The van der Waals surface area contributed by atoms with E-state index in [0.29, 0.717) is 0 Å². The average Bonchev–Trinajstić information content (AvgIpc) is 2.74. The van der Waals surface area contributed by atoms with Gasteiger partial charge in [0.2, 0.25) is 0 Å². The molecule has 0 saturated carbocycles. The van der Waals surface area contributed by atoms with Crippen molar-refractivity contribution >= 4 is 37.7 Å². The van der Waals surface area contributed by atoms with Crippen molar-refractivity contribution in [2.45, 2.75) is 0 Å². The summed E-state index contributed by atoms with van der Waals surface area (Å²) in [5.74, 6) is 0. The zero-order chi connectivity index (χ0) is 18.5. The maximum Gasteiger partial charge on any atom is 0.0702 e. The van der Waals surface area contributed by atoms with Crippen LogP contribution in [0.5, 0.6) is 0 Å². The van der Waals surface area contributed by atoms with Gasteiger partial charge >= 0.3 is 0 Å². The van der Waals surface area contributed by atoms with Crippen LogP contribution in [0.25, 0.3) is 32.9 Å². The summed E-state index contributed by atoms with van der Waals surface area (Å²) in [6.07, 6.45) is 3.73. The van der Waals surface area contributed by atoms with Crippen LogP contribution in [0.4, 0.5) is 0 Å². The molecule has 0 fully saturated rings. The van der Waals surface area contributed by atoms with E-state index in [9.17, 15) is 0 Å². The van der Waals surface area contributed by atoms with Crippen molar-refractivity contribution in [3.63, 3.8) is 0 Å². The second-order valence-electron chi connectivity index (χ2n) is 6.12. The molecule has 0 saturated heterocycles. The van der Waals surface area contributed by atoms with Crippen LogP contribution in [0.15, 0.2) is 108 Å². The number of aromatic nitrogens is 2. The Bertz CT molecular complexity index is 1120. The molecule has 2 heterocycles. The van der Waals surface area contributed by atoms with E-state index in [-0.39, 0.29) is 0 Å². The summed E-state index contributed by atoms with van der Waals surface area (Å²) >= 11 is 3.44. The summed E-state index contributed by atoms with van der Waals surface area (Å²) in [7, 11) is 0. The first-order chi connectivity index (χ1) is 13.3. The Labute approximate surface area is 166 Å². The van der Waals surface area contributed by atoms with E-state index in [4.69, 9.17) is 0 Å². The largest absolute Gasteiger partial charge is 0.256 e. The van der Waals surface area contributed by atoms with E-state index < -0.39 is 0 Å². The standard InChI is InChI=1S/C15H10BrN.C9H7N/c16-14-7-5-11(6-8-14)13-9-12-3-1-2-4-15(12)17-10-13;1-2-6-9-8(4-1)5-3-7-10-9/h1-10H;1-7H. The zero-order valence-electron chi connectivity index (χ0n) is 14.6. The number of rotatable bonds is 1. The molecule has 0 amide bonds. The molecule has 0 radical (unpaired) electrons. The van der Waals surface area contributed by atoms with Crippen LogP contribution in [-0.2, 0) is 0 Å². The lowest BCUT2D eigenvalue weighted by molar-refractivity contribution is 1.41. The van der Waals surface area contributed by atoms with Gasteiger partial charge in [0.25, 0.3) is 0 Å². The van der Waals surface area contributed by atoms with E-state index in [0.717, 1.165) is 21.1 Å². The molecule has 0 bridgehead atoms. The first-order valence-corrected chi connectivity index (χ1v) is 9.49. The number of halogens is 1. The Morgan fingerprint density at radius 2 is 1.19 bits per heavy atom. The van der Waals surface area contributed by atoms with Crippen molar-refractivity contribution in [3.8, 4) is 11.1 Å². The molecule has 2 aromatic heterocycles. The number of fused-ring (bicyclic) bond motifs is 2. The van der Waals surface area contributed by atoms with Gasteiger partial charge in [-0.15, -0.1) is 0 Å². The number of hydrogen-bond donors (Lipinski definition) is 0. The molecular weight excluding hydrogens is 396 g/mol. The molecule has 0 aliphatic heterocycles. The van der Waals surface area contributed by atoms with Crippen LogP contribution in [0.2, 0.25) is 0 Å². The smallest absolute Gasteiger partial charge is 0.0702 e. The minimum absolute atomic E-state index is 1.04. The molecule has 130 valence electrons. The van der Waals surface area contributed by atoms with Crippen LogP contribution in [0.3, 0.4) is 0 Å². The maximum absolute atomic E-state index is 4.47. The van der Waals surface area contributed by atoms with Crippen LogP contribution >= 0.6 is 15.9 Å². The Hall–Kier alpha value is -3.04. The number of nitrogens with zero attached hydrogens (tertiary/aromatic N) is 2. The van der Waals surface area contributed by atoms with Gasteiger partial charge in [-0.3, -0.25) is 9.97 Å². The quantitative estimate of drug-likeness (QED) is 0.299. The molecule has 3 heteroatoms. The Morgan fingerprint density at radius 1 is 0.556 bits per heavy atom. The number of para-hydroxylation sites is 2. The number of benzene rings is 3. The first kappa shape index (κ1) is 17.4. The fourth-order valence-corrected chi connectivity index (χ4v) is 3.15. The minimum Gasteiger partial charge on any atom is -0.256 e. The lowest BCUT2D eigenvalue weighted by atomic mass is 10.1. The lowest BCUT2D eigenvalue weighted by Crippen LogP contribution is -1.82. The normalized spacial score (nSPS) is 10.4. The summed E-state index contributed by atoms with van der Waals surface area (Å²) in [6, 6.07) is 30.7. The highest BCUT2D eigenvalue weighted by Gasteiger charge is 2.00. The van der Waals surface area contributed by atoms with Crippen molar-refractivity contribution in [3.05, 3.63) is 108 Å². The molecule has 0 aliphatic rings. The third-order valence-corrected chi connectivity index (χ3v) is 4.81. The number of pyridine rings is 2. The van der Waals surface area contributed by atoms with Gasteiger partial charge in [-0.2, -0.15) is 0 Å². The summed E-state index contributed by atoms with van der Waals surface area (Å²) < 4.78 is 1.09. The number of hydrogen-bond acceptors (Lipinski definition) is 2. The molecule has 0 atom stereocenters. The topological polar surface area (TPSA) is 25.8 Å². The van der Waals surface area contributed by atoms with Gasteiger partial charge in [-0.1, -0.05) is 70.5 Å². The van der Waals surface area contributed by atoms with Crippen LogP contribution < -0.4 is 0 Å². The van der Waals surface area contributed by atoms with Crippen LogP contribution in [-0.4, -0.2) is 9.97 Å². The van der Waals surface area contributed by atoms with Crippen molar-refractivity contribution in [2.75, 3.05) is 0 Å². The summed E-state index contributed by atoms with van der Waals surface area (Å²) in [6.45, 7) is 0. The fourth-order valence-electron chi connectivity index (χ4n) is 2.89. The molecule has 2 nitrogen and oxygen atoms in total. The summed E-state index contributed by atoms with van der Waals surface area (Å²) in [5, 5.41) is 2.37. The third-order valence-electron chi connectivity index (χ3n) is 4.28. The van der Waals surface area contributed by atoms with E-state index in [1.165, 1.54) is 16.3 Å². The SMILES string of the molecule is Brc1ccc(-c2cnc3ccccc3c2)cc1.c1ccc2ncccc2c1. The van der Waals surface area contributed by atoms with Crippen LogP contribution in [0, 0.1) is 0 Å². The second-order valence-corrected chi connectivity index (χ2v) is 7.04. The van der Waals surface area contributed by atoms with Gasteiger partial charge in [0, 0.05) is 33.2 Å². The van der Waals surface area contributed by atoms with E-state index in [2.05, 4.69) is 62.3 Å². The van der Waals surface area contributed by atoms with Gasteiger partial charge in [0.1, 0.15) is 0 Å². The van der Waals surface area contributed by atoms with Gasteiger partial charge < -0.3 is 0 Å². The van der Waals surface area contributed by atoms with Gasteiger partial charge in [-0.25, -0.2) is 0 Å². The molecule has 3 aromatic carbocycles. The lowest BCUT2D eigenvalue weighted by Gasteiger charge is -2.03. The molecule has 27 heavy (non-hydrogen) atoms. The predicted molar refractivity (Wildman–Crippen MR) is 117 cm³/mol. The van der Waals surface area contributed by atoms with Gasteiger partial charge in [-0.05, 0) is 42.0 Å². The highest BCUT2D eigenvalue weighted by molar-refractivity contribution is 9.10.